The number of rotatable bonds is 5. The minimum atomic E-state index is -0.448. The van der Waals surface area contributed by atoms with Crippen molar-refractivity contribution in [2.24, 2.45) is 0 Å². The zero-order valence-electron chi connectivity index (χ0n) is 15.7. The molecule has 1 saturated carbocycles. The Morgan fingerprint density at radius 1 is 0.929 bits per heavy atom. The van der Waals surface area contributed by atoms with Crippen LogP contribution in [0.1, 0.15) is 63.4 Å². The molecule has 2 N–H and O–H groups in total. The van der Waals surface area contributed by atoms with E-state index in [1.807, 2.05) is 0 Å². The highest BCUT2D eigenvalue weighted by atomic mass is 16.5. The van der Waals surface area contributed by atoms with Gasteiger partial charge in [0.15, 0.2) is 0 Å². The van der Waals surface area contributed by atoms with Crippen molar-refractivity contribution in [3.63, 3.8) is 0 Å². The van der Waals surface area contributed by atoms with E-state index in [0.717, 1.165) is 25.7 Å². The number of ether oxygens (including phenoxy) is 1. The van der Waals surface area contributed by atoms with Gasteiger partial charge in [-0.25, -0.2) is 9.78 Å². The molecule has 1 aliphatic carbocycles. The van der Waals surface area contributed by atoms with Gasteiger partial charge < -0.3 is 15.4 Å². The molecule has 1 aromatic carbocycles. The molecule has 1 aliphatic rings. The number of amides is 2. The van der Waals surface area contributed by atoms with Crippen LogP contribution < -0.4 is 10.6 Å². The third kappa shape index (κ3) is 4.94. The number of anilines is 1. The van der Waals surface area contributed by atoms with Crippen LogP contribution >= 0.6 is 0 Å². The first-order valence-electron chi connectivity index (χ1n) is 9.34. The summed E-state index contributed by atoms with van der Waals surface area (Å²) in [7, 11) is 1.31. The van der Waals surface area contributed by atoms with Gasteiger partial charge in [0.2, 0.25) is 0 Å². The summed E-state index contributed by atoms with van der Waals surface area (Å²) in [4.78, 5) is 40.5. The Bertz CT molecular complexity index is 858. The summed E-state index contributed by atoms with van der Waals surface area (Å²) in [5.74, 6) is -1.14. The van der Waals surface area contributed by atoms with E-state index in [1.54, 1.807) is 42.5 Å². The summed E-state index contributed by atoms with van der Waals surface area (Å²) in [6.45, 7) is 0. The maximum atomic E-state index is 12.5. The molecule has 1 heterocycles. The van der Waals surface area contributed by atoms with Gasteiger partial charge in [-0.05, 0) is 49.2 Å². The second kappa shape index (κ2) is 9.12. The van der Waals surface area contributed by atoms with Gasteiger partial charge in [0, 0.05) is 11.7 Å². The molecule has 28 heavy (non-hydrogen) atoms. The van der Waals surface area contributed by atoms with Gasteiger partial charge >= 0.3 is 5.97 Å². The quantitative estimate of drug-likeness (QED) is 0.775. The summed E-state index contributed by atoms with van der Waals surface area (Å²) >= 11 is 0. The number of nitrogens with one attached hydrogen (secondary N) is 2. The summed E-state index contributed by atoms with van der Waals surface area (Å²) < 4.78 is 4.64. The van der Waals surface area contributed by atoms with Gasteiger partial charge in [-0.1, -0.05) is 25.3 Å². The molecule has 0 spiro atoms. The second-order valence-corrected chi connectivity index (χ2v) is 6.74. The molecule has 0 saturated heterocycles. The van der Waals surface area contributed by atoms with E-state index in [0.29, 0.717) is 11.3 Å². The monoisotopic (exact) mass is 381 g/mol. The predicted octanol–water partition coefficient (Wildman–Crippen LogP) is 3.18. The highest BCUT2D eigenvalue weighted by Gasteiger charge is 2.18. The molecule has 2 aromatic rings. The first kappa shape index (κ1) is 19.5. The first-order valence-corrected chi connectivity index (χ1v) is 9.34. The van der Waals surface area contributed by atoms with Crippen molar-refractivity contribution in [1.82, 2.24) is 10.3 Å². The SMILES string of the molecule is COC(=O)c1ccc(NC(=O)c2cccc(C(=O)NC3CCCCC3)n2)cc1. The van der Waals surface area contributed by atoms with Gasteiger partial charge in [0.05, 0.1) is 12.7 Å². The first-order chi connectivity index (χ1) is 13.6. The number of nitrogens with zero attached hydrogens (tertiary/aromatic N) is 1. The van der Waals surface area contributed by atoms with Crippen LogP contribution in [-0.4, -0.2) is 35.9 Å². The molecule has 1 aromatic heterocycles. The van der Waals surface area contributed by atoms with Crippen LogP contribution in [0.15, 0.2) is 42.5 Å². The molecular formula is C21H23N3O4. The number of hydrogen-bond donors (Lipinski definition) is 2. The molecule has 2 amide bonds. The third-order valence-corrected chi connectivity index (χ3v) is 4.72. The van der Waals surface area contributed by atoms with Crippen LogP contribution in [0.2, 0.25) is 0 Å². The maximum absolute atomic E-state index is 12.5. The van der Waals surface area contributed by atoms with Crippen LogP contribution in [0.5, 0.6) is 0 Å². The lowest BCUT2D eigenvalue weighted by molar-refractivity contribution is 0.0600. The van der Waals surface area contributed by atoms with E-state index < -0.39 is 11.9 Å². The number of hydrogen-bond acceptors (Lipinski definition) is 5. The lowest BCUT2D eigenvalue weighted by atomic mass is 9.95. The minimum absolute atomic E-state index is 0.147. The molecular weight excluding hydrogens is 358 g/mol. The third-order valence-electron chi connectivity index (χ3n) is 4.72. The molecule has 1 fully saturated rings. The molecule has 0 unspecified atom stereocenters. The standard InChI is InChI=1S/C21H23N3O4/c1-28-21(27)14-10-12-16(13-11-14)23-20(26)18-9-5-8-17(24-18)19(25)22-15-6-3-2-4-7-15/h5,8-13,15H,2-4,6-7H2,1H3,(H,22,25)(H,23,26). The number of benzene rings is 1. The van der Waals surface area contributed by atoms with E-state index in [1.165, 1.54) is 13.5 Å². The molecule has 0 aliphatic heterocycles. The Balaban J connectivity index is 1.64. The van der Waals surface area contributed by atoms with Crippen molar-refractivity contribution in [2.75, 3.05) is 12.4 Å². The number of carbonyl (C=O) groups is 3. The fourth-order valence-corrected chi connectivity index (χ4v) is 3.20. The number of pyridine rings is 1. The Morgan fingerprint density at radius 2 is 1.57 bits per heavy atom. The zero-order valence-corrected chi connectivity index (χ0v) is 15.7. The van der Waals surface area contributed by atoms with Crippen molar-refractivity contribution in [3.05, 3.63) is 59.4 Å². The van der Waals surface area contributed by atoms with Crippen LogP contribution in [0.3, 0.4) is 0 Å². The Morgan fingerprint density at radius 3 is 2.21 bits per heavy atom. The summed E-state index contributed by atoms with van der Waals surface area (Å²) in [6, 6.07) is 11.3. The molecule has 146 valence electrons. The van der Waals surface area contributed by atoms with Gasteiger partial charge in [0.25, 0.3) is 11.8 Å². The average molecular weight is 381 g/mol. The van der Waals surface area contributed by atoms with Gasteiger partial charge in [0.1, 0.15) is 11.4 Å². The van der Waals surface area contributed by atoms with E-state index in [2.05, 4.69) is 20.4 Å². The average Bonchev–Trinajstić information content (AvgIpc) is 2.74. The van der Waals surface area contributed by atoms with Crippen LogP contribution in [-0.2, 0) is 4.74 Å². The van der Waals surface area contributed by atoms with Crippen LogP contribution in [0.4, 0.5) is 5.69 Å². The molecule has 3 rings (SSSR count). The molecule has 7 heteroatoms. The number of aromatic nitrogens is 1. The van der Waals surface area contributed by atoms with Crippen LogP contribution in [0, 0.1) is 0 Å². The predicted molar refractivity (Wildman–Crippen MR) is 104 cm³/mol. The smallest absolute Gasteiger partial charge is 0.337 e. The maximum Gasteiger partial charge on any atom is 0.337 e. The second-order valence-electron chi connectivity index (χ2n) is 6.74. The van der Waals surface area contributed by atoms with E-state index >= 15 is 0 Å². The van der Waals surface area contributed by atoms with Crippen molar-refractivity contribution >= 4 is 23.5 Å². The van der Waals surface area contributed by atoms with Crippen molar-refractivity contribution in [1.29, 1.82) is 0 Å². The zero-order chi connectivity index (χ0) is 19.9. The summed E-state index contributed by atoms with van der Waals surface area (Å²) in [5.41, 5.74) is 1.27. The Labute approximate surface area is 163 Å². The van der Waals surface area contributed by atoms with Crippen LogP contribution in [0.25, 0.3) is 0 Å². The molecule has 0 radical (unpaired) electrons. The van der Waals surface area contributed by atoms with Crippen molar-refractivity contribution in [3.8, 4) is 0 Å². The Kier molecular flexibility index (Phi) is 6.37. The number of methoxy groups -OCH3 is 1. The summed E-state index contributed by atoms with van der Waals surface area (Å²) in [5, 5.41) is 5.70. The highest BCUT2D eigenvalue weighted by molar-refractivity contribution is 6.04. The van der Waals surface area contributed by atoms with Gasteiger partial charge in [-0.3, -0.25) is 9.59 Å². The van der Waals surface area contributed by atoms with E-state index in [4.69, 9.17) is 0 Å². The fourth-order valence-electron chi connectivity index (χ4n) is 3.20. The van der Waals surface area contributed by atoms with E-state index in [9.17, 15) is 14.4 Å². The fraction of sp³-hybridized carbons (Fsp3) is 0.333. The van der Waals surface area contributed by atoms with E-state index in [-0.39, 0.29) is 23.3 Å². The van der Waals surface area contributed by atoms with Gasteiger partial charge in [-0.15, -0.1) is 0 Å². The molecule has 0 bridgehead atoms. The van der Waals surface area contributed by atoms with Gasteiger partial charge in [-0.2, -0.15) is 0 Å². The van der Waals surface area contributed by atoms with Crippen molar-refractivity contribution in [2.45, 2.75) is 38.1 Å². The minimum Gasteiger partial charge on any atom is -0.465 e. The van der Waals surface area contributed by atoms with Crippen molar-refractivity contribution < 1.29 is 19.1 Å². The largest absolute Gasteiger partial charge is 0.465 e. The summed E-state index contributed by atoms with van der Waals surface area (Å²) in [6.07, 6.45) is 5.41. The topological polar surface area (TPSA) is 97.4 Å². The Hall–Kier alpha value is -3.22. The molecule has 7 nitrogen and oxygen atoms in total. The number of esters is 1. The normalized spacial score (nSPS) is 14.2. The molecule has 0 atom stereocenters. The lowest BCUT2D eigenvalue weighted by Gasteiger charge is -2.22. The lowest BCUT2D eigenvalue weighted by Crippen LogP contribution is -2.36. The highest BCUT2D eigenvalue weighted by Crippen LogP contribution is 2.18. The number of carbonyl (C=O) groups excluding carboxylic acids is 3.